The van der Waals surface area contributed by atoms with Crippen LogP contribution in [-0.2, 0) is 10.2 Å². The summed E-state index contributed by atoms with van der Waals surface area (Å²) in [6.45, 7) is 12.7. The number of aromatic nitrogens is 1. The topological polar surface area (TPSA) is 45.2 Å². The van der Waals surface area contributed by atoms with Crippen molar-refractivity contribution in [2.75, 3.05) is 25.0 Å². The standard InChI is InChI=1S/C16H27N3O/c1-6-19(7-2)15(20)10-11-17-14-9-8-13(12-18-14)16(3,4)5/h8-9,12H,6-7,10-11H2,1-5H3,(H,17,18). The Morgan fingerprint density at radius 1 is 1.25 bits per heavy atom. The van der Waals surface area contributed by atoms with Gasteiger partial charge in [0.15, 0.2) is 0 Å². The maximum atomic E-state index is 11.8. The van der Waals surface area contributed by atoms with E-state index < -0.39 is 0 Å². The molecule has 0 aliphatic heterocycles. The molecule has 0 saturated heterocycles. The zero-order chi connectivity index (χ0) is 15.2. The molecule has 0 aromatic carbocycles. The molecule has 0 radical (unpaired) electrons. The van der Waals surface area contributed by atoms with Crippen LogP contribution in [0.25, 0.3) is 0 Å². The quantitative estimate of drug-likeness (QED) is 0.869. The van der Waals surface area contributed by atoms with Crippen LogP contribution in [-0.4, -0.2) is 35.4 Å². The molecule has 112 valence electrons. The first-order valence-electron chi connectivity index (χ1n) is 7.36. The van der Waals surface area contributed by atoms with Gasteiger partial charge in [-0.15, -0.1) is 0 Å². The number of hydrogen-bond donors (Lipinski definition) is 1. The first kappa shape index (κ1) is 16.5. The van der Waals surface area contributed by atoms with E-state index >= 15 is 0 Å². The molecule has 0 saturated carbocycles. The van der Waals surface area contributed by atoms with Crippen molar-refractivity contribution in [2.45, 2.75) is 46.5 Å². The Morgan fingerprint density at radius 3 is 2.35 bits per heavy atom. The monoisotopic (exact) mass is 277 g/mol. The van der Waals surface area contributed by atoms with Crippen LogP contribution in [0.1, 0.15) is 46.6 Å². The van der Waals surface area contributed by atoms with Crippen molar-refractivity contribution >= 4 is 11.7 Å². The van der Waals surface area contributed by atoms with Crippen molar-refractivity contribution in [1.29, 1.82) is 0 Å². The lowest BCUT2D eigenvalue weighted by molar-refractivity contribution is -0.130. The van der Waals surface area contributed by atoms with Gasteiger partial charge in [0.1, 0.15) is 5.82 Å². The largest absolute Gasteiger partial charge is 0.370 e. The summed E-state index contributed by atoms with van der Waals surface area (Å²) in [5.74, 6) is 1.01. The van der Waals surface area contributed by atoms with Gasteiger partial charge in [0, 0.05) is 32.3 Å². The lowest BCUT2D eigenvalue weighted by Crippen LogP contribution is -2.31. The highest BCUT2D eigenvalue weighted by Crippen LogP contribution is 2.21. The van der Waals surface area contributed by atoms with E-state index in [0.29, 0.717) is 13.0 Å². The van der Waals surface area contributed by atoms with Crippen molar-refractivity contribution in [1.82, 2.24) is 9.88 Å². The SMILES string of the molecule is CCN(CC)C(=O)CCNc1ccc(C(C)(C)C)cn1. The second-order valence-electron chi connectivity index (χ2n) is 5.92. The third kappa shape index (κ3) is 4.83. The van der Waals surface area contributed by atoms with Crippen LogP contribution in [0.2, 0.25) is 0 Å². The molecule has 0 spiro atoms. The fourth-order valence-corrected chi connectivity index (χ4v) is 1.97. The summed E-state index contributed by atoms with van der Waals surface area (Å²) >= 11 is 0. The van der Waals surface area contributed by atoms with Crippen LogP contribution in [0.5, 0.6) is 0 Å². The van der Waals surface area contributed by atoms with Gasteiger partial charge < -0.3 is 10.2 Å². The maximum absolute atomic E-state index is 11.8. The van der Waals surface area contributed by atoms with Crippen LogP contribution >= 0.6 is 0 Å². The van der Waals surface area contributed by atoms with Crippen LogP contribution < -0.4 is 5.32 Å². The third-order valence-electron chi connectivity index (χ3n) is 3.39. The third-order valence-corrected chi connectivity index (χ3v) is 3.39. The molecule has 0 fully saturated rings. The Labute approximate surface area is 122 Å². The molecule has 0 bridgehead atoms. The number of nitrogens with one attached hydrogen (secondary N) is 1. The van der Waals surface area contributed by atoms with Crippen molar-refractivity contribution in [2.24, 2.45) is 0 Å². The van der Waals surface area contributed by atoms with E-state index in [9.17, 15) is 4.79 Å². The fraction of sp³-hybridized carbons (Fsp3) is 0.625. The first-order valence-corrected chi connectivity index (χ1v) is 7.36. The van der Waals surface area contributed by atoms with Gasteiger partial charge in [-0.2, -0.15) is 0 Å². The summed E-state index contributed by atoms with van der Waals surface area (Å²) in [6.07, 6.45) is 2.40. The predicted molar refractivity (Wildman–Crippen MR) is 84.0 cm³/mol. The van der Waals surface area contributed by atoms with Gasteiger partial charge in [0.05, 0.1) is 0 Å². The van der Waals surface area contributed by atoms with E-state index in [0.717, 1.165) is 18.9 Å². The summed E-state index contributed by atoms with van der Waals surface area (Å²) in [6, 6.07) is 4.06. The predicted octanol–water partition coefficient (Wildman–Crippen LogP) is 3.05. The molecule has 1 aromatic heterocycles. The molecule has 1 heterocycles. The first-order chi connectivity index (χ1) is 9.38. The van der Waals surface area contributed by atoms with Crippen molar-refractivity contribution in [3.63, 3.8) is 0 Å². The lowest BCUT2D eigenvalue weighted by atomic mass is 9.88. The van der Waals surface area contributed by atoms with Crippen molar-refractivity contribution in [3.05, 3.63) is 23.9 Å². The zero-order valence-corrected chi connectivity index (χ0v) is 13.4. The fourth-order valence-electron chi connectivity index (χ4n) is 1.97. The van der Waals surface area contributed by atoms with E-state index in [4.69, 9.17) is 0 Å². The molecule has 4 heteroatoms. The van der Waals surface area contributed by atoms with E-state index in [1.165, 1.54) is 5.56 Å². The average molecular weight is 277 g/mol. The van der Waals surface area contributed by atoms with E-state index in [1.54, 1.807) is 0 Å². The Bertz CT molecular complexity index is 416. The number of hydrogen-bond acceptors (Lipinski definition) is 3. The van der Waals surface area contributed by atoms with Gasteiger partial charge >= 0.3 is 0 Å². The van der Waals surface area contributed by atoms with E-state index in [1.807, 2.05) is 31.0 Å². The second kappa shape index (κ2) is 7.27. The number of rotatable bonds is 6. The summed E-state index contributed by atoms with van der Waals surface area (Å²) in [5, 5.41) is 3.20. The molecule has 0 unspecified atom stereocenters. The van der Waals surface area contributed by atoms with Gasteiger partial charge in [-0.3, -0.25) is 4.79 Å². The number of carbonyl (C=O) groups is 1. The van der Waals surface area contributed by atoms with Crippen molar-refractivity contribution < 1.29 is 4.79 Å². The Hall–Kier alpha value is -1.58. The number of carbonyl (C=O) groups excluding carboxylic acids is 1. The van der Waals surface area contributed by atoms with Gasteiger partial charge in [-0.25, -0.2) is 4.98 Å². The minimum atomic E-state index is 0.115. The van der Waals surface area contributed by atoms with Crippen LogP contribution in [0.15, 0.2) is 18.3 Å². The molecule has 20 heavy (non-hydrogen) atoms. The van der Waals surface area contributed by atoms with Gasteiger partial charge in [-0.05, 0) is 30.9 Å². The highest BCUT2D eigenvalue weighted by Gasteiger charge is 2.13. The highest BCUT2D eigenvalue weighted by molar-refractivity contribution is 5.76. The minimum Gasteiger partial charge on any atom is -0.370 e. The molecule has 1 rings (SSSR count). The molecular weight excluding hydrogens is 250 g/mol. The van der Waals surface area contributed by atoms with Gasteiger partial charge in [-0.1, -0.05) is 26.8 Å². The van der Waals surface area contributed by atoms with Gasteiger partial charge in [0.2, 0.25) is 5.91 Å². The summed E-state index contributed by atoms with van der Waals surface area (Å²) in [7, 11) is 0. The lowest BCUT2D eigenvalue weighted by Gasteiger charge is -2.19. The molecule has 0 atom stereocenters. The van der Waals surface area contributed by atoms with Gasteiger partial charge in [0.25, 0.3) is 0 Å². The summed E-state index contributed by atoms with van der Waals surface area (Å²) in [4.78, 5) is 18.1. The second-order valence-corrected chi connectivity index (χ2v) is 5.92. The normalized spacial score (nSPS) is 11.2. The molecule has 1 aromatic rings. The van der Waals surface area contributed by atoms with Crippen LogP contribution in [0, 0.1) is 0 Å². The van der Waals surface area contributed by atoms with E-state index in [-0.39, 0.29) is 11.3 Å². The Kier molecular flexibility index (Phi) is 5.99. The van der Waals surface area contributed by atoms with Crippen molar-refractivity contribution in [3.8, 4) is 0 Å². The maximum Gasteiger partial charge on any atom is 0.224 e. The highest BCUT2D eigenvalue weighted by atomic mass is 16.2. The number of amides is 1. The minimum absolute atomic E-state index is 0.115. The molecule has 0 aliphatic rings. The van der Waals surface area contributed by atoms with Crippen LogP contribution in [0.4, 0.5) is 5.82 Å². The van der Waals surface area contributed by atoms with E-state index in [2.05, 4.69) is 37.1 Å². The molecule has 1 N–H and O–H groups in total. The van der Waals surface area contributed by atoms with Crippen LogP contribution in [0.3, 0.4) is 0 Å². The number of anilines is 1. The molecule has 4 nitrogen and oxygen atoms in total. The summed E-state index contributed by atoms with van der Waals surface area (Å²) in [5.41, 5.74) is 1.33. The molecule has 0 aliphatic carbocycles. The zero-order valence-electron chi connectivity index (χ0n) is 13.4. The number of pyridine rings is 1. The smallest absolute Gasteiger partial charge is 0.224 e. The average Bonchev–Trinajstić information content (AvgIpc) is 2.39. The molecule has 1 amide bonds. The molecular formula is C16H27N3O. The number of nitrogens with zero attached hydrogens (tertiary/aromatic N) is 2. The Balaban J connectivity index is 2.45. The summed E-state index contributed by atoms with van der Waals surface area (Å²) < 4.78 is 0. The Morgan fingerprint density at radius 2 is 1.90 bits per heavy atom.